The van der Waals surface area contributed by atoms with Crippen molar-refractivity contribution in [1.29, 1.82) is 0 Å². The molecule has 2 fully saturated rings. The van der Waals surface area contributed by atoms with Crippen molar-refractivity contribution >= 4 is 0 Å². The summed E-state index contributed by atoms with van der Waals surface area (Å²) in [5, 5.41) is 12.6. The van der Waals surface area contributed by atoms with Gasteiger partial charge in [0.15, 0.2) is 0 Å². The number of benzene rings is 1. The number of ether oxygens (including phenoxy) is 2. The maximum Gasteiger partial charge on any atom is 0.123 e. The first-order valence-corrected chi connectivity index (χ1v) is 8.31. The molecule has 0 aromatic heterocycles. The summed E-state index contributed by atoms with van der Waals surface area (Å²) in [5.41, 5.74) is 1.33. The Labute approximate surface area is 132 Å². The van der Waals surface area contributed by atoms with Gasteiger partial charge in [-0.25, -0.2) is 0 Å². The summed E-state index contributed by atoms with van der Waals surface area (Å²) >= 11 is 0. The number of aliphatic hydroxyl groups excluding tert-OH is 1. The number of hydrogen-bond donors (Lipinski definition) is 2. The van der Waals surface area contributed by atoms with Crippen LogP contribution in [0, 0.1) is 11.3 Å². The van der Waals surface area contributed by atoms with E-state index >= 15 is 0 Å². The molecule has 0 spiro atoms. The topological polar surface area (TPSA) is 50.7 Å². The second-order valence-corrected chi connectivity index (χ2v) is 6.96. The molecule has 0 radical (unpaired) electrons. The third-order valence-electron chi connectivity index (χ3n) is 5.16. The Morgan fingerprint density at radius 1 is 1.36 bits per heavy atom. The molecule has 3 rings (SSSR count). The summed E-state index contributed by atoms with van der Waals surface area (Å²) in [7, 11) is 0. The number of fused-ring (bicyclic) bond motifs is 1. The van der Waals surface area contributed by atoms with E-state index in [0.717, 1.165) is 24.5 Å². The van der Waals surface area contributed by atoms with Gasteiger partial charge in [-0.2, -0.15) is 0 Å². The molecular weight excluding hydrogens is 278 g/mol. The fourth-order valence-electron chi connectivity index (χ4n) is 4.10. The Bertz CT molecular complexity index is 503. The predicted molar refractivity (Wildman–Crippen MR) is 85.9 cm³/mol. The van der Waals surface area contributed by atoms with Gasteiger partial charge in [0.05, 0.1) is 12.7 Å². The number of aliphatic hydroxyl groups is 1. The first kappa shape index (κ1) is 15.8. The minimum absolute atomic E-state index is 0.0402. The standard InChI is InChI=1S/C18H27NO3/c1-18(2)16(14-7-5-10-22-17(14)18)19-12-13-6-3-4-8-15(13)21-11-9-20/h3-4,6,8,14,16-17,19-20H,5,7,9-12H2,1-2H3/t14-,16+,17+/m0/s1. The van der Waals surface area contributed by atoms with E-state index in [1.165, 1.54) is 12.8 Å². The largest absolute Gasteiger partial charge is 0.491 e. The van der Waals surface area contributed by atoms with E-state index in [-0.39, 0.29) is 12.0 Å². The molecule has 1 aromatic rings. The first-order valence-electron chi connectivity index (χ1n) is 8.31. The zero-order valence-electron chi connectivity index (χ0n) is 13.5. The van der Waals surface area contributed by atoms with Crippen LogP contribution in [0.4, 0.5) is 0 Å². The highest BCUT2D eigenvalue weighted by atomic mass is 16.5. The first-order chi connectivity index (χ1) is 10.6. The SMILES string of the molecule is CC1(C)[C@H](NCc2ccccc2OCCO)[C@@H]2CCCO[C@H]21. The van der Waals surface area contributed by atoms with Crippen molar-refractivity contribution in [2.24, 2.45) is 11.3 Å². The van der Waals surface area contributed by atoms with E-state index in [2.05, 4.69) is 25.2 Å². The van der Waals surface area contributed by atoms with E-state index in [4.69, 9.17) is 14.6 Å². The van der Waals surface area contributed by atoms with E-state index < -0.39 is 0 Å². The van der Waals surface area contributed by atoms with Gasteiger partial charge in [-0.3, -0.25) is 0 Å². The molecular formula is C18H27NO3. The summed E-state index contributed by atoms with van der Waals surface area (Å²) in [4.78, 5) is 0. The molecule has 1 heterocycles. The molecule has 4 nitrogen and oxygen atoms in total. The fraction of sp³-hybridized carbons (Fsp3) is 0.667. The summed E-state index contributed by atoms with van der Waals surface area (Å²) < 4.78 is 11.6. The van der Waals surface area contributed by atoms with E-state index in [1.54, 1.807) is 0 Å². The van der Waals surface area contributed by atoms with Crippen molar-refractivity contribution in [2.45, 2.75) is 45.4 Å². The monoisotopic (exact) mass is 305 g/mol. The minimum Gasteiger partial charge on any atom is -0.491 e. The van der Waals surface area contributed by atoms with Gasteiger partial charge < -0.3 is 19.9 Å². The lowest BCUT2D eigenvalue weighted by Crippen LogP contribution is -2.69. The molecule has 1 aliphatic heterocycles. The number of para-hydroxylation sites is 1. The Balaban J connectivity index is 1.63. The molecule has 1 aromatic carbocycles. The average Bonchev–Trinajstić information content (AvgIpc) is 2.54. The van der Waals surface area contributed by atoms with Gasteiger partial charge in [-0.05, 0) is 18.9 Å². The van der Waals surface area contributed by atoms with Crippen LogP contribution in [0.5, 0.6) is 5.75 Å². The molecule has 2 N–H and O–H groups in total. The van der Waals surface area contributed by atoms with Crippen molar-refractivity contribution in [1.82, 2.24) is 5.32 Å². The highest BCUT2D eigenvalue weighted by Gasteiger charge is 2.57. The number of nitrogens with one attached hydrogen (secondary N) is 1. The van der Waals surface area contributed by atoms with Gasteiger partial charge in [0.25, 0.3) is 0 Å². The number of rotatable bonds is 6. The predicted octanol–water partition coefficient (Wildman–Crippen LogP) is 2.35. The second kappa shape index (κ2) is 6.57. The zero-order chi connectivity index (χ0) is 15.6. The van der Waals surface area contributed by atoms with Gasteiger partial charge in [-0.1, -0.05) is 32.0 Å². The molecule has 0 amide bonds. The van der Waals surface area contributed by atoms with Crippen molar-refractivity contribution in [3.05, 3.63) is 29.8 Å². The maximum atomic E-state index is 8.93. The molecule has 22 heavy (non-hydrogen) atoms. The van der Waals surface area contributed by atoms with E-state index in [0.29, 0.717) is 24.7 Å². The van der Waals surface area contributed by atoms with E-state index in [9.17, 15) is 0 Å². The Morgan fingerprint density at radius 3 is 3.00 bits per heavy atom. The molecule has 122 valence electrons. The van der Waals surface area contributed by atoms with Crippen LogP contribution < -0.4 is 10.1 Å². The van der Waals surface area contributed by atoms with Gasteiger partial charge in [0.1, 0.15) is 12.4 Å². The van der Waals surface area contributed by atoms with Crippen LogP contribution in [0.25, 0.3) is 0 Å². The summed E-state index contributed by atoms with van der Waals surface area (Å²) in [6.45, 7) is 6.67. The Hall–Kier alpha value is -1.10. The van der Waals surface area contributed by atoms with Crippen molar-refractivity contribution in [3.8, 4) is 5.75 Å². The zero-order valence-corrected chi connectivity index (χ0v) is 13.5. The van der Waals surface area contributed by atoms with Crippen LogP contribution in [0.3, 0.4) is 0 Å². The van der Waals surface area contributed by atoms with Gasteiger partial charge in [0.2, 0.25) is 0 Å². The van der Waals surface area contributed by atoms with Crippen molar-refractivity contribution in [2.75, 3.05) is 19.8 Å². The lowest BCUT2D eigenvalue weighted by molar-refractivity contribution is -0.193. The highest BCUT2D eigenvalue weighted by Crippen LogP contribution is 2.51. The van der Waals surface area contributed by atoms with Crippen LogP contribution in [0.1, 0.15) is 32.3 Å². The average molecular weight is 305 g/mol. The quantitative estimate of drug-likeness (QED) is 0.847. The van der Waals surface area contributed by atoms with Crippen LogP contribution in [0.2, 0.25) is 0 Å². The summed E-state index contributed by atoms with van der Waals surface area (Å²) in [5.74, 6) is 1.49. The molecule has 0 unspecified atom stereocenters. The fourth-order valence-corrected chi connectivity index (χ4v) is 4.10. The molecule has 1 saturated heterocycles. The van der Waals surface area contributed by atoms with Crippen LogP contribution in [-0.4, -0.2) is 37.1 Å². The van der Waals surface area contributed by atoms with Gasteiger partial charge >= 0.3 is 0 Å². The third-order valence-corrected chi connectivity index (χ3v) is 5.16. The molecule has 2 aliphatic rings. The third kappa shape index (κ3) is 2.87. The molecule has 1 saturated carbocycles. The summed E-state index contributed by atoms with van der Waals surface area (Å²) in [6, 6.07) is 8.53. The minimum atomic E-state index is 0.0402. The van der Waals surface area contributed by atoms with E-state index in [1.807, 2.05) is 18.2 Å². The molecule has 0 bridgehead atoms. The molecule has 4 heteroatoms. The maximum absolute atomic E-state index is 8.93. The molecule has 3 atom stereocenters. The van der Waals surface area contributed by atoms with Crippen LogP contribution >= 0.6 is 0 Å². The molecule has 1 aliphatic carbocycles. The second-order valence-electron chi connectivity index (χ2n) is 6.96. The normalized spacial score (nSPS) is 29.5. The Kier molecular flexibility index (Phi) is 4.71. The van der Waals surface area contributed by atoms with Crippen LogP contribution in [-0.2, 0) is 11.3 Å². The van der Waals surface area contributed by atoms with Crippen LogP contribution in [0.15, 0.2) is 24.3 Å². The van der Waals surface area contributed by atoms with Gasteiger partial charge in [0, 0.05) is 36.1 Å². The summed E-state index contributed by atoms with van der Waals surface area (Å²) in [6.07, 6.45) is 2.83. The highest BCUT2D eigenvalue weighted by molar-refractivity contribution is 5.33. The van der Waals surface area contributed by atoms with Crippen molar-refractivity contribution in [3.63, 3.8) is 0 Å². The lowest BCUT2D eigenvalue weighted by Gasteiger charge is -2.60. The number of hydrogen-bond acceptors (Lipinski definition) is 4. The van der Waals surface area contributed by atoms with Crippen molar-refractivity contribution < 1.29 is 14.6 Å². The Morgan fingerprint density at radius 2 is 2.18 bits per heavy atom. The van der Waals surface area contributed by atoms with Gasteiger partial charge in [-0.15, -0.1) is 0 Å². The lowest BCUT2D eigenvalue weighted by atomic mass is 9.55. The smallest absolute Gasteiger partial charge is 0.123 e.